The van der Waals surface area contributed by atoms with Gasteiger partial charge in [-0.25, -0.2) is 0 Å². The molecule has 0 amide bonds. The lowest BCUT2D eigenvalue weighted by atomic mass is 10.2. The van der Waals surface area contributed by atoms with Gasteiger partial charge >= 0.3 is 6.18 Å². The van der Waals surface area contributed by atoms with Gasteiger partial charge in [0.25, 0.3) is 0 Å². The smallest absolute Gasteiger partial charge is 0.396 e. The van der Waals surface area contributed by atoms with Crippen LogP contribution in [-0.4, -0.2) is 26.3 Å². The second-order valence-electron chi connectivity index (χ2n) is 3.56. The van der Waals surface area contributed by atoms with E-state index >= 15 is 0 Å². The first-order chi connectivity index (χ1) is 8.04. The highest BCUT2D eigenvalue weighted by molar-refractivity contribution is 5.49. The highest BCUT2D eigenvalue weighted by Gasteiger charge is 2.34. The zero-order valence-corrected chi connectivity index (χ0v) is 8.78. The van der Waals surface area contributed by atoms with Crippen molar-refractivity contribution in [2.75, 3.05) is 6.61 Å². The lowest BCUT2D eigenvalue weighted by Gasteiger charge is -2.07. The van der Waals surface area contributed by atoms with Crippen LogP contribution in [0.25, 0.3) is 5.65 Å². The van der Waals surface area contributed by atoms with Crippen LogP contribution >= 0.6 is 0 Å². The van der Waals surface area contributed by atoms with Gasteiger partial charge in [-0.3, -0.25) is 4.40 Å². The first kappa shape index (κ1) is 11.8. The lowest BCUT2D eigenvalue weighted by Crippen LogP contribution is -2.08. The van der Waals surface area contributed by atoms with Gasteiger partial charge in [-0.05, 0) is 18.6 Å². The molecule has 0 atom stereocenters. The monoisotopic (exact) mass is 245 g/mol. The highest BCUT2D eigenvalue weighted by Crippen LogP contribution is 2.31. The van der Waals surface area contributed by atoms with E-state index in [0.29, 0.717) is 18.7 Å². The van der Waals surface area contributed by atoms with Crippen molar-refractivity contribution in [2.24, 2.45) is 0 Å². The molecular formula is C10H10F3N3O. The Kier molecular flexibility index (Phi) is 3.01. The summed E-state index contributed by atoms with van der Waals surface area (Å²) in [6, 6.07) is 2.28. The molecule has 0 spiro atoms. The lowest BCUT2D eigenvalue weighted by molar-refractivity contribution is -0.136. The van der Waals surface area contributed by atoms with Crippen molar-refractivity contribution in [2.45, 2.75) is 19.0 Å². The van der Waals surface area contributed by atoms with Crippen molar-refractivity contribution in [3.63, 3.8) is 0 Å². The second kappa shape index (κ2) is 4.33. The number of aliphatic hydroxyl groups excluding tert-OH is 1. The molecule has 2 aromatic heterocycles. The van der Waals surface area contributed by atoms with E-state index in [2.05, 4.69) is 10.2 Å². The van der Waals surface area contributed by atoms with Gasteiger partial charge in [-0.15, -0.1) is 10.2 Å². The van der Waals surface area contributed by atoms with Crippen molar-refractivity contribution < 1.29 is 18.3 Å². The van der Waals surface area contributed by atoms with E-state index in [1.807, 2.05) is 0 Å². The van der Waals surface area contributed by atoms with Crippen molar-refractivity contribution in [1.82, 2.24) is 14.6 Å². The van der Waals surface area contributed by atoms with Gasteiger partial charge in [-0.1, -0.05) is 0 Å². The van der Waals surface area contributed by atoms with E-state index < -0.39 is 11.7 Å². The van der Waals surface area contributed by atoms with Crippen LogP contribution in [0.3, 0.4) is 0 Å². The molecule has 17 heavy (non-hydrogen) atoms. The summed E-state index contributed by atoms with van der Waals surface area (Å²) >= 11 is 0. The summed E-state index contributed by atoms with van der Waals surface area (Å²) in [4.78, 5) is 0. The Hall–Kier alpha value is -1.63. The fraction of sp³-hybridized carbons (Fsp3) is 0.400. The fourth-order valence-corrected chi connectivity index (χ4v) is 1.59. The van der Waals surface area contributed by atoms with Crippen molar-refractivity contribution in [3.05, 3.63) is 29.7 Å². The molecule has 0 fully saturated rings. The van der Waals surface area contributed by atoms with Gasteiger partial charge in [0, 0.05) is 19.2 Å². The third kappa shape index (κ3) is 2.23. The van der Waals surface area contributed by atoms with Crippen molar-refractivity contribution >= 4 is 5.65 Å². The molecule has 0 unspecified atom stereocenters. The van der Waals surface area contributed by atoms with Crippen molar-refractivity contribution in [1.29, 1.82) is 0 Å². The Morgan fingerprint density at radius 1 is 1.29 bits per heavy atom. The minimum Gasteiger partial charge on any atom is -0.396 e. The number of alkyl halides is 3. The number of rotatable bonds is 3. The molecule has 2 aromatic rings. The molecule has 0 aliphatic rings. The summed E-state index contributed by atoms with van der Waals surface area (Å²) in [5.74, 6) is 0.417. The Morgan fingerprint density at radius 2 is 2.06 bits per heavy atom. The van der Waals surface area contributed by atoms with Crippen LogP contribution in [0.15, 0.2) is 18.3 Å². The minimum absolute atomic E-state index is 0.0339. The summed E-state index contributed by atoms with van der Waals surface area (Å²) in [5.41, 5.74) is -1.00. The molecule has 0 aliphatic heterocycles. The maximum Gasteiger partial charge on any atom is 0.420 e. The predicted octanol–water partition coefficient (Wildman–Crippen LogP) is 1.67. The standard InChI is InChI=1S/C10H10F3N3O/c11-10(12,13)7-3-1-5-16-8(4-2-6-17)14-15-9(7)16/h1,3,5,17H,2,4,6H2. The van der Waals surface area contributed by atoms with Crippen LogP contribution in [0.5, 0.6) is 0 Å². The molecule has 2 heterocycles. The molecular weight excluding hydrogens is 235 g/mol. The summed E-state index contributed by atoms with van der Waals surface area (Å²) < 4.78 is 39.3. The van der Waals surface area contributed by atoms with Gasteiger partial charge < -0.3 is 5.11 Å². The minimum atomic E-state index is -4.44. The summed E-state index contributed by atoms with van der Waals surface area (Å²) in [7, 11) is 0. The van der Waals surface area contributed by atoms with E-state index in [0.717, 1.165) is 6.07 Å². The van der Waals surface area contributed by atoms with Crippen LogP contribution in [0.1, 0.15) is 17.8 Å². The normalized spacial score (nSPS) is 12.2. The van der Waals surface area contributed by atoms with Gasteiger partial charge in [0.05, 0.1) is 0 Å². The molecule has 0 aliphatic carbocycles. The molecule has 0 radical (unpaired) electrons. The van der Waals surface area contributed by atoms with Gasteiger partial charge in [0.1, 0.15) is 11.4 Å². The molecule has 1 N–H and O–H groups in total. The van der Waals surface area contributed by atoms with Gasteiger partial charge in [0.15, 0.2) is 5.65 Å². The Balaban J connectivity index is 2.49. The van der Waals surface area contributed by atoms with E-state index in [1.165, 1.54) is 16.7 Å². The Labute approximate surface area is 94.7 Å². The van der Waals surface area contributed by atoms with Crippen LogP contribution < -0.4 is 0 Å². The Bertz CT molecular complexity index is 521. The maximum absolute atomic E-state index is 12.7. The van der Waals surface area contributed by atoms with Crippen LogP contribution in [-0.2, 0) is 12.6 Å². The molecule has 0 bridgehead atoms. The number of nitrogens with zero attached hydrogens (tertiary/aromatic N) is 3. The molecule has 7 heteroatoms. The summed E-state index contributed by atoms with van der Waals surface area (Å²) in [6.07, 6.45) is -2.13. The van der Waals surface area contributed by atoms with Crippen LogP contribution in [0.2, 0.25) is 0 Å². The van der Waals surface area contributed by atoms with Crippen molar-refractivity contribution in [3.8, 4) is 0 Å². The Morgan fingerprint density at radius 3 is 2.71 bits per heavy atom. The molecule has 92 valence electrons. The van der Waals surface area contributed by atoms with E-state index in [-0.39, 0.29) is 12.3 Å². The number of pyridine rings is 1. The fourth-order valence-electron chi connectivity index (χ4n) is 1.59. The number of hydrogen-bond acceptors (Lipinski definition) is 3. The van der Waals surface area contributed by atoms with Crippen LogP contribution in [0, 0.1) is 0 Å². The summed E-state index contributed by atoms with van der Waals surface area (Å²) in [6.45, 7) is -0.0339. The quantitative estimate of drug-likeness (QED) is 0.894. The largest absolute Gasteiger partial charge is 0.420 e. The average molecular weight is 245 g/mol. The van der Waals surface area contributed by atoms with Crippen LogP contribution in [0.4, 0.5) is 13.2 Å². The number of aryl methyl sites for hydroxylation is 1. The molecule has 0 aromatic carbocycles. The maximum atomic E-state index is 12.7. The third-order valence-corrected chi connectivity index (χ3v) is 2.37. The molecule has 2 rings (SSSR count). The average Bonchev–Trinajstić information content (AvgIpc) is 2.67. The van der Waals surface area contributed by atoms with Gasteiger partial charge in [-0.2, -0.15) is 13.2 Å². The zero-order chi connectivity index (χ0) is 12.5. The highest BCUT2D eigenvalue weighted by atomic mass is 19.4. The SMILES string of the molecule is OCCCc1nnc2c(C(F)(F)F)cccn12. The predicted molar refractivity (Wildman–Crippen MR) is 53.4 cm³/mol. The molecule has 4 nitrogen and oxygen atoms in total. The van der Waals surface area contributed by atoms with Gasteiger partial charge in [0.2, 0.25) is 0 Å². The van der Waals surface area contributed by atoms with E-state index in [4.69, 9.17) is 5.11 Å². The number of halogens is 3. The summed E-state index contributed by atoms with van der Waals surface area (Å²) in [5, 5.41) is 15.9. The van der Waals surface area contributed by atoms with E-state index in [9.17, 15) is 13.2 Å². The number of aliphatic hydroxyl groups is 1. The topological polar surface area (TPSA) is 50.4 Å². The molecule has 0 saturated carbocycles. The third-order valence-electron chi connectivity index (χ3n) is 2.37. The first-order valence-corrected chi connectivity index (χ1v) is 5.04. The number of fused-ring (bicyclic) bond motifs is 1. The zero-order valence-electron chi connectivity index (χ0n) is 8.78. The first-order valence-electron chi connectivity index (χ1n) is 5.04. The molecule has 0 saturated heterocycles. The van der Waals surface area contributed by atoms with E-state index in [1.54, 1.807) is 0 Å². The second-order valence-corrected chi connectivity index (χ2v) is 3.56. The number of aromatic nitrogens is 3. The number of hydrogen-bond donors (Lipinski definition) is 1.